The second-order valence-corrected chi connectivity index (χ2v) is 9.34. The number of benzene rings is 2. The van der Waals surface area contributed by atoms with Crippen molar-refractivity contribution in [2.75, 3.05) is 31.6 Å². The Labute approximate surface area is 189 Å². The van der Waals surface area contributed by atoms with E-state index in [1.807, 2.05) is 30.3 Å². The smallest absolute Gasteiger partial charge is 0.327 e. The lowest BCUT2D eigenvalue weighted by Gasteiger charge is -2.46. The van der Waals surface area contributed by atoms with Crippen LogP contribution in [0.5, 0.6) is 0 Å². The van der Waals surface area contributed by atoms with Crippen LogP contribution >= 0.6 is 0 Å². The van der Waals surface area contributed by atoms with E-state index in [1.165, 1.54) is 10.5 Å². The van der Waals surface area contributed by atoms with Crippen molar-refractivity contribution < 1.29 is 9.59 Å². The van der Waals surface area contributed by atoms with Gasteiger partial charge in [-0.2, -0.15) is 0 Å². The first kappa shape index (κ1) is 21.0. The highest BCUT2D eigenvalue weighted by atomic mass is 16.2. The summed E-state index contributed by atoms with van der Waals surface area (Å²) < 4.78 is 0. The fourth-order valence-corrected chi connectivity index (χ4v) is 5.32. The summed E-state index contributed by atoms with van der Waals surface area (Å²) in [6.07, 6.45) is 0.216. The molecule has 2 aromatic carbocycles. The molecule has 4 atom stereocenters. The number of hydrogen-bond donors (Lipinski definition) is 1. The van der Waals surface area contributed by atoms with Crippen LogP contribution in [-0.2, 0) is 11.2 Å². The van der Waals surface area contributed by atoms with Crippen molar-refractivity contribution in [3.8, 4) is 0 Å². The predicted molar refractivity (Wildman–Crippen MR) is 124 cm³/mol. The molecule has 5 rings (SSSR count). The number of anilines is 1. The number of imide groups is 1. The van der Waals surface area contributed by atoms with Gasteiger partial charge in [0.25, 0.3) is 5.91 Å². The summed E-state index contributed by atoms with van der Waals surface area (Å²) in [6, 6.07) is 17.9. The molecule has 2 aromatic rings. The summed E-state index contributed by atoms with van der Waals surface area (Å²) in [7, 11) is 1.80. The lowest BCUT2D eigenvalue weighted by atomic mass is 10.0. The molecule has 0 bridgehead atoms. The van der Waals surface area contributed by atoms with Crippen LogP contribution in [0, 0.1) is 12.8 Å². The lowest BCUT2D eigenvalue weighted by molar-refractivity contribution is -0.138. The van der Waals surface area contributed by atoms with Crippen molar-refractivity contribution in [3.63, 3.8) is 0 Å². The van der Waals surface area contributed by atoms with Crippen LogP contribution in [0.2, 0.25) is 0 Å². The number of hydrogen-bond acceptors (Lipinski definition) is 5. The van der Waals surface area contributed by atoms with E-state index in [1.54, 1.807) is 11.9 Å². The number of fused-ring (bicyclic) bond motifs is 3. The topological polar surface area (TPSA) is 59.1 Å². The van der Waals surface area contributed by atoms with Crippen molar-refractivity contribution in [2.45, 2.75) is 38.8 Å². The number of nitrogens with zero attached hydrogens (tertiary/aromatic N) is 4. The summed E-state index contributed by atoms with van der Waals surface area (Å²) in [5.41, 5.74) is 3.47. The molecule has 0 radical (unpaired) electrons. The Balaban J connectivity index is 1.41. The molecule has 7 nitrogen and oxygen atoms in total. The third-order valence-electron chi connectivity index (χ3n) is 6.89. The third kappa shape index (κ3) is 3.55. The van der Waals surface area contributed by atoms with Crippen LogP contribution < -0.4 is 10.2 Å². The first-order valence-electron chi connectivity index (χ1n) is 11.4. The summed E-state index contributed by atoms with van der Waals surface area (Å²) in [6.45, 7) is 6.44. The number of carbonyl (C=O) groups excluding carboxylic acids is 2. The van der Waals surface area contributed by atoms with E-state index in [0.29, 0.717) is 18.9 Å². The highest BCUT2D eigenvalue weighted by molar-refractivity contribution is 6.00. The Bertz CT molecular complexity index is 1010. The second kappa shape index (κ2) is 8.22. The van der Waals surface area contributed by atoms with E-state index in [9.17, 15) is 9.59 Å². The summed E-state index contributed by atoms with van der Waals surface area (Å²) in [5, 5.41) is 3.60. The molecule has 3 aliphatic heterocycles. The monoisotopic (exact) mass is 433 g/mol. The first-order chi connectivity index (χ1) is 15.4. The fraction of sp³-hybridized carbons (Fsp3) is 0.440. The van der Waals surface area contributed by atoms with Gasteiger partial charge in [-0.25, -0.2) is 4.79 Å². The van der Waals surface area contributed by atoms with E-state index in [0.717, 1.165) is 24.3 Å². The summed E-state index contributed by atoms with van der Waals surface area (Å²) in [5.74, 6) is 0.308. The maximum atomic E-state index is 13.6. The average molecular weight is 434 g/mol. The predicted octanol–water partition coefficient (Wildman–Crippen LogP) is 2.47. The minimum Gasteiger partial charge on any atom is -0.343 e. The fourth-order valence-electron chi connectivity index (χ4n) is 5.32. The minimum atomic E-state index is -0.381. The van der Waals surface area contributed by atoms with Gasteiger partial charge < -0.3 is 9.80 Å². The van der Waals surface area contributed by atoms with Gasteiger partial charge in [0.2, 0.25) is 0 Å². The molecular weight excluding hydrogens is 402 g/mol. The highest BCUT2D eigenvalue weighted by Crippen LogP contribution is 2.34. The van der Waals surface area contributed by atoms with Gasteiger partial charge in [-0.3, -0.25) is 19.9 Å². The maximum absolute atomic E-state index is 13.6. The molecule has 4 unspecified atom stereocenters. The normalized spacial score (nSPS) is 28.2. The van der Waals surface area contributed by atoms with E-state index in [-0.39, 0.29) is 30.4 Å². The quantitative estimate of drug-likeness (QED) is 0.803. The van der Waals surface area contributed by atoms with Crippen LogP contribution in [0.3, 0.4) is 0 Å². The number of likely N-dealkylation sites (N-methyl/N-ethyl adjacent to an activating group) is 1. The lowest BCUT2D eigenvalue weighted by Crippen LogP contribution is -2.66. The van der Waals surface area contributed by atoms with Crippen molar-refractivity contribution in [1.82, 2.24) is 20.0 Å². The van der Waals surface area contributed by atoms with Gasteiger partial charge >= 0.3 is 6.03 Å². The molecule has 3 fully saturated rings. The molecule has 0 aromatic heterocycles. The number of rotatable bonds is 4. The molecule has 3 saturated heterocycles. The number of carbonyl (C=O) groups is 2. The van der Waals surface area contributed by atoms with Crippen molar-refractivity contribution in [2.24, 2.45) is 5.92 Å². The number of aryl methyl sites for hydroxylation is 1. The second-order valence-electron chi connectivity index (χ2n) is 9.34. The van der Waals surface area contributed by atoms with Crippen LogP contribution in [0.15, 0.2) is 54.6 Å². The zero-order valence-corrected chi connectivity index (χ0v) is 18.9. The van der Waals surface area contributed by atoms with E-state index in [4.69, 9.17) is 0 Å². The number of urea groups is 1. The van der Waals surface area contributed by atoms with Crippen LogP contribution in [0.25, 0.3) is 0 Å². The Kier molecular flexibility index (Phi) is 5.39. The van der Waals surface area contributed by atoms with Crippen molar-refractivity contribution in [3.05, 3.63) is 65.7 Å². The van der Waals surface area contributed by atoms with Crippen molar-refractivity contribution >= 4 is 17.6 Å². The van der Waals surface area contributed by atoms with Gasteiger partial charge in [-0.05, 0) is 42.5 Å². The molecule has 3 aliphatic rings. The Morgan fingerprint density at radius 3 is 2.56 bits per heavy atom. The van der Waals surface area contributed by atoms with Gasteiger partial charge in [-0.15, -0.1) is 0 Å². The van der Waals surface area contributed by atoms with Crippen LogP contribution in [0.4, 0.5) is 10.5 Å². The molecule has 168 valence electrons. The first-order valence-corrected chi connectivity index (χ1v) is 11.4. The van der Waals surface area contributed by atoms with Gasteiger partial charge in [0.15, 0.2) is 0 Å². The molecule has 32 heavy (non-hydrogen) atoms. The zero-order valence-electron chi connectivity index (χ0n) is 18.9. The van der Waals surface area contributed by atoms with Gasteiger partial charge in [0.1, 0.15) is 18.5 Å². The Hall–Kier alpha value is -2.90. The zero-order chi connectivity index (χ0) is 22.4. The summed E-state index contributed by atoms with van der Waals surface area (Å²) >= 11 is 0. The van der Waals surface area contributed by atoms with Crippen molar-refractivity contribution in [1.29, 1.82) is 0 Å². The average Bonchev–Trinajstić information content (AvgIpc) is 3.17. The molecule has 3 amide bonds. The van der Waals surface area contributed by atoms with E-state index >= 15 is 0 Å². The summed E-state index contributed by atoms with van der Waals surface area (Å²) in [4.78, 5) is 34.5. The Morgan fingerprint density at radius 2 is 1.81 bits per heavy atom. The van der Waals surface area contributed by atoms with Crippen LogP contribution in [-0.4, -0.2) is 71.8 Å². The molecule has 7 heteroatoms. The van der Waals surface area contributed by atoms with E-state index in [2.05, 4.69) is 53.2 Å². The Morgan fingerprint density at radius 1 is 1.03 bits per heavy atom. The van der Waals surface area contributed by atoms with Gasteiger partial charge in [0.05, 0.1) is 0 Å². The molecule has 0 aliphatic carbocycles. The highest BCUT2D eigenvalue weighted by Gasteiger charge is 2.56. The molecule has 0 spiro atoms. The third-order valence-corrected chi connectivity index (χ3v) is 6.89. The largest absolute Gasteiger partial charge is 0.343 e. The SMILES string of the molecule is Cc1cccc(N2CC(C)CN3C4C(=O)N(CCc5ccccc5)C(=O)N(C)C4NC23)c1. The molecule has 3 heterocycles. The van der Waals surface area contributed by atoms with E-state index < -0.39 is 0 Å². The minimum absolute atomic E-state index is 0.0951. The molecule has 1 N–H and O–H groups in total. The molecule has 0 saturated carbocycles. The van der Waals surface area contributed by atoms with Crippen LogP contribution in [0.1, 0.15) is 18.1 Å². The standard InChI is InChI=1S/C25H31N5O2/c1-17-8-7-11-20(14-17)29-15-18(2)16-30-21-22(26-24(29)30)27(3)25(32)28(23(21)31)13-12-19-9-5-4-6-10-19/h4-11,14,18,21-22,24,26H,12-13,15-16H2,1-3H3. The van der Waals surface area contributed by atoms with Gasteiger partial charge in [-0.1, -0.05) is 49.4 Å². The number of amides is 3. The number of nitrogens with one attached hydrogen (secondary N) is 1. The maximum Gasteiger partial charge on any atom is 0.327 e. The molecular formula is C25H31N5O2. The van der Waals surface area contributed by atoms with Gasteiger partial charge in [0, 0.05) is 32.4 Å².